The zero-order chi connectivity index (χ0) is 16.0. The van der Waals surface area contributed by atoms with Gasteiger partial charge in [0.25, 0.3) is 0 Å². The topological polar surface area (TPSA) is 72.8 Å². The van der Waals surface area contributed by atoms with E-state index in [0.717, 1.165) is 0 Å². The van der Waals surface area contributed by atoms with Gasteiger partial charge in [0.1, 0.15) is 0 Å². The highest BCUT2D eigenvalue weighted by atomic mass is 16.5. The van der Waals surface area contributed by atoms with E-state index in [0.29, 0.717) is 0 Å². The van der Waals surface area contributed by atoms with Crippen LogP contribution in [0.2, 0.25) is 0 Å². The van der Waals surface area contributed by atoms with Crippen molar-refractivity contribution in [2.75, 3.05) is 13.2 Å². The molecule has 5 nitrogen and oxygen atoms in total. The average Bonchev–Trinajstić information content (AvgIpc) is 2.25. The Morgan fingerprint density at radius 1 is 1.20 bits per heavy atom. The van der Waals surface area contributed by atoms with Crippen LogP contribution in [-0.2, 0) is 19.1 Å². The molecule has 0 aliphatic carbocycles. The molecular formula is C15H28O5. The van der Waals surface area contributed by atoms with Gasteiger partial charge < -0.3 is 14.6 Å². The molecule has 5 heteroatoms. The average molecular weight is 288 g/mol. The van der Waals surface area contributed by atoms with E-state index >= 15 is 0 Å². The second kappa shape index (κ2) is 7.62. The normalized spacial score (nSPS) is 14.9. The summed E-state index contributed by atoms with van der Waals surface area (Å²) < 4.78 is 10.6. The molecule has 0 spiro atoms. The van der Waals surface area contributed by atoms with Crippen LogP contribution in [0.1, 0.15) is 54.4 Å². The first-order chi connectivity index (χ1) is 9.05. The first kappa shape index (κ1) is 18.9. The SMILES string of the molecule is CCOC(=O)C(CCOC(C)(C)C)(CC(C)C)C(=O)O. The first-order valence-electron chi connectivity index (χ1n) is 7.09. The number of carbonyl (C=O) groups is 2. The maximum absolute atomic E-state index is 12.1. The van der Waals surface area contributed by atoms with Crippen LogP contribution in [0.5, 0.6) is 0 Å². The summed E-state index contributed by atoms with van der Waals surface area (Å²) in [7, 11) is 0. The molecule has 0 aliphatic rings. The molecular weight excluding hydrogens is 260 g/mol. The summed E-state index contributed by atoms with van der Waals surface area (Å²) >= 11 is 0. The molecule has 0 saturated heterocycles. The van der Waals surface area contributed by atoms with Crippen LogP contribution in [0, 0.1) is 11.3 Å². The molecule has 0 aromatic heterocycles. The molecule has 1 N–H and O–H groups in total. The van der Waals surface area contributed by atoms with Crippen molar-refractivity contribution in [3.05, 3.63) is 0 Å². The zero-order valence-electron chi connectivity index (χ0n) is 13.5. The minimum atomic E-state index is -1.52. The van der Waals surface area contributed by atoms with E-state index in [4.69, 9.17) is 9.47 Å². The molecule has 0 saturated carbocycles. The molecule has 0 fully saturated rings. The monoisotopic (exact) mass is 288 g/mol. The van der Waals surface area contributed by atoms with E-state index in [1.165, 1.54) is 0 Å². The summed E-state index contributed by atoms with van der Waals surface area (Å²) in [6, 6.07) is 0. The van der Waals surface area contributed by atoms with E-state index in [-0.39, 0.29) is 37.6 Å². The summed E-state index contributed by atoms with van der Waals surface area (Å²) in [5.41, 5.74) is -1.88. The molecule has 1 atom stereocenters. The lowest BCUT2D eigenvalue weighted by molar-refractivity contribution is -0.172. The minimum Gasteiger partial charge on any atom is -0.480 e. The number of hydrogen-bond acceptors (Lipinski definition) is 4. The standard InChI is InChI=1S/C15H28O5/c1-7-19-13(18)15(12(16)17,10-11(2)3)8-9-20-14(4,5)6/h11H,7-10H2,1-6H3,(H,16,17). The van der Waals surface area contributed by atoms with Gasteiger partial charge in [-0.25, -0.2) is 0 Å². The smallest absolute Gasteiger partial charge is 0.323 e. The maximum Gasteiger partial charge on any atom is 0.323 e. The van der Waals surface area contributed by atoms with E-state index in [1.807, 2.05) is 34.6 Å². The Balaban J connectivity index is 5.09. The van der Waals surface area contributed by atoms with Crippen LogP contribution >= 0.6 is 0 Å². The van der Waals surface area contributed by atoms with Crippen molar-refractivity contribution in [3.63, 3.8) is 0 Å². The van der Waals surface area contributed by atoms with Crippen LogP contribution < -0.4 is 0 Å². The number of carbonyl (C=O) groups excluding carboxylic acids is 1. The second-order valence-electron chi connectivity index (χ2n) is 6.42. The number of carboxylic acid groups (broad SMARTS) is 1. The number of ether oxygens (including phenoxy) is 2. The van der Waals surface area contributed by atoms with E-state index in [9.17, 15) is 14.7 Å². The van der Waals surface area contributed by atoms with Crippen molar-refractivity contribution < 1.29 is 24.2 Å². The summed E-state index contributed by atoms with van der Waals surface area (Å²) in [6.45, 7) is 11.5. The summed E-state index contributed by atoms with van der Waals surface area (Å²) in [5.74, 6) is -1.73. The fourth-order valence-electron chi connectivity index (χ4n) is 2.07. The molecule has 0 bridgehead atoms. The highest BCUT2D eigenvalue weighted by Gasteiger charge is 2.47. The van der Waals surface area contributed by atoms with Gasteiger partial charge >= 0.3 is 11.9 Å². The molecule has 20 heavy (non-hydrogen) atoms. The van der Waals surface area contributed by atoms with Gasteiger partial charge in [0.05, 0.1) is 12.2 Å². The molecule has 0 radical (unpaired) electrons. The van der Waals surface area contributed by atoms with Crippen LogP contribution in [0.4, 0.5) is 0 Å². The largest absolute Gasteiger partial charge is 0.480 e. The van der Waals surface area contributed by atoms with Gasteiger partial charge in [-0.15, -0.1) is 0 Å². The Labute approximate surface area is 121 Å². The van der Waals surface area contributed by atoms with Crippen molar-refractivity contribution in [2.45, 2.75) is 60.0 Å². The highest BCUT2D eigenvalue weighted by Crippen LogP contribution is 2.33. The van der Waals surface area contributed by atoms with Gasteiger partial charge in [0.15, 0.2) is 5.41 Å². The Hall–Kier alpha value is -1.10. The number of aliphatic carboxylic acids is 1. The fraction of sp³-hybridized carbons (Fsp3) is 0.867. The van der Waals surface area contributed by atoms with E-state index < -0.39 is 17.4 Å². The van der Waals surface area contributed by atoms with Crippen molar-refractivity contribution in [2.24, 2.45) is 11.3 Å². The Morgan fingerprint density at radius 3 is 2.10 bits per heavy atom. The van der Waals surface area contributed by atoms with Gasteiger partial charge in [0, 0.05) is 6.61 Å². The predicted octanol–water partition coefficient (Wildman–Crippen LogP) is 2.87. The molecule has 0 amide bonds. The number of esters is 1. The molecule has 118 valence electrons. The lowest BCUT2D eigenvalue weighted by Crippen LogP contribution is -2.43. The van der Waals surface area contributed by atoms with Crippen molar-refractivity contribution in [1.82, 2.24) is 0 Å². The van der Waals surface area contributed by atoms with E-state index in [2.05, 4.69) is 0 Å². The Kier molecular flexibility index (Phi) is 7.20. The fourth-order valence-corrected chi connectivity index (χ4v) is 2.07. The van der Waals surface area contributed by atoms with Crippen LogP contribution in [0.25, 0.3) is 0 Å². The van der Waals surface area contributed by atoms with E-state index in [1.54, 1.807) is 6.92 Å². The van der Waals surface area contributed by atoms with Crippen LogP contribution in [-0.4, -0.2) is 35.9 Å². The van der Waals surface area contributed by atoms with Crippen molar-refractivity contribution in [3.8, 4) is 0 Å². The van der Waals surface area contributed by atoms with Crippen LogP contribution in [0.15, 0.2) is 0 Å². The quantitative estimate of drug-likeness (QED) is 0.549. The summed E-state index contributed by atoms with van der Waals surface area (Å²) in [6.07, 6.45) is 0.366. The lowest BCUT2D eigenvalue weighted by Gasteiger charge is -2.30. The van der Waals surface area contributed by atoms with Gasteiger partial charge in [-0.1, -0.05) is 13.8 Å². The first-order valence-corrected chi connectivity index (χ1v) is 7.09. The molecule has 1 unspecified atom stereocenters. The molecule has 0 heterocycles. The van der Waals surface area contributed by atoms with Crippen molar-refractivity contribution in [1.29, 1.82) is 0 Å². The predicted molar refractivity (Wildman–Crippen MR) is 76.5 cm³/mol. The minimum absolute atomic E-state index is 0.0742. The molecule has 0 rings (SSSR count). The lowest BCUT2D eigenvalue weighted by atomic mass is 9.77. The van der Waals surface area contributed by atoms with Gasteiger partial charge in [-0.05, 0) is 46.5 Å². The summed E-state index contributed by atoms with van der Waals surface area (Å²) in [5, 5.41) is 9.54. The number of rotatable bonds is 8. The van der Waals surface area contributed by atoms with Gasteiger partial charge in [-0.3, -0.25) is 9.59 Å². The number of hydrogen-bond donors (Lipinski definition) is 1. The third-order valence-corrected chi connectivity index (χ3v) is 2.90. The third kappa shape index (κ3) is 5.90. The Bertz CT molecular complexity index is 330. The third-order valence-electron chi connectivity index (χ3n) is 2.90. The maximum atomic E-state index is 12.1. The Morgan fingerprint density at radius 2 is 1.75 bits per heavy atom. The molecule has 0 aromatic rings. The van der Waals surface area contributed by atoms with Crippen molar-refractivity contribution >= 4 is 11.9 Å². The summed E-state index contributed by atoms with van der Waals surface area (Å²) in [4.78, 5) is 23.8. The van der Waals surface area contributed by atoms with Crippen LogP contribution in [0.3, 0.4) is 0 Å². The molecule has 0 aliphatic heterocycles. The molecule has 0 aromatic carbocycles. The van der Waals surface area contributed by atoms with Gasteiger partial charge in [0.2, 0.25) is 0 Å². The zero-order valence-corrected chi connectivity index (χ0v) is 13.5. The number of carboxylic acids is 1. The second-order valence-corrected chi connectivity index (χ2v) is 6.42. The highest BCUT2D eigenvalue weighted by molar-refractivity contribution is 5.99. The van der Waals surface area contributed by atoms with Gasteiger partial charge in [-0.2, -0.15) is 0 Å².